The summed E-state index contributed by atoms with van der Waals surface area (Å²) >= 11 is 0. The Morgan fingerprint density at radius 3 is 2.56 bits per heavy atom. The number of sulfonamides is 1. The summed E-state index contributed by atoms with van der Waals surface area (Å²) in [5, 5.41) is 10.8. The van der Waals surface area contributed by atoms with Gasteiger partial charge in [-0.05, 0) is 74.8 Å². The molecule has 0 radical (unpaired) electrons. The number of rotatable bonds is 11. The quantitative estimate of drug-likeness (QED) is 0.237. The molecule has 0 spiro atoms. The molecule has 0 amide bonds. The molecule has 1 aliphatic heterocycles. The molecule has 2 aromatic carbocycles. The minimum Gasteiger partial charge on any atom is -0.490 e. The zero-order valence-electron chi connectivity index (χ0n) is 20.1. The van der Waals surface area contributed by atoms with Crippen molar-refractivity contribution in [2.24, 2.45) is 5.73 Å². The van der Waals surface area contributed by atoms with Crippen molar-refractivity contribution in [3.8, 4) is 5.75 Å². The lowest BCUT2D eigenvalue weighted by atomic mass is 10.1. The molecule has 9 nitrogen and oxygen atoms in total. The van der Waals surface area contributed by atoms with Crippen LogP contribution in [0.3, 0.4) is 0 Å². The van der Waals surface area contributed by atoms with Gasteiger partial charge in [-0.3, -0.25) is 14.5 Å². The third-order valence-electron chi connectivity index (χ3n) is 5.47. The smallest absolute Gasteiger partial charge is 0.323 e. The lowest BCUT2D eigenvalue weighted by Gasteiger charge is -2.25. The third kappa shape index (κ3) is 7.79. The van der Waals surface area contributed by atoms with Gasteiger partial charge in [-0.1, -0.05) is 18.2 Å². The largest absolute Gasteiger partial charge is 0.490 e. The first-order valence-corrected chi connectivity index (χ1v) is 13.2. The second kappa shape index (κ2) is 12.5. The van der Waals surface area contributed by atoms with Crippen LogP contribution in [0.25, 0.3) is 6.08 Å². The second-order valence-electron chi connectivity index (χ2n) is 8.26. The number of benzene rings is 2. The molecule has 1 saturated heterocycles. The summed E-state index contributed by atoms with van der Waals surface area (Å²) in [5.41, 5.74) is 6.49. The first-order valence-electron chi connectivity index (χ1n) is 11.6. The second-order valence-corrected chi connectivity index (χ2v) is 10.2. The summed E-state index contributed by atoms with van der Waals surface area (Å²) in [4.78, 5) is 12.0. The van der Waals surface area contributed by atoms with Crippen LogP contribution in [-0.2, 0) is 19.6 Å². The molecule has 0 atom stereocenters. The number of esters is 1. The van der Waals surface area contributed by atoms with Gasteiger partial charge in [0.25, 0.3) is 0 Å². The summed E-state index contributed by atoms with van der Waals surface area (Å²) in [6.07, 6.45) is 2.95. The number of hydrogen-bond donors (Lipinski definition) is 3. The minimum atomic E-state index is -4.27. The monoisotopic (exact) mass is 518 g/mol. The van der Waals surface area contributed by atoms with Gasteiger partial charge >= 0.3 is 5.97 Å². The SMILES string of the molecule is CCOC(=O)CS(=O)(=O)N(C/C(F)=C\c1cccc(C(=N)N)c1)c1ccc(OC2CCNCC2)cc1. The van der Waals surface area contributed by atoms with E-state index in [9.17, 15) is 13.2 Å². The van der Waals surface area contributed by atoms with Gasteiger partial charge in [-0.25, -0.2) is 12.8 Å². The number of hydrogen-bond acceptors (Lipinski definition) is 7. The molecule has 0 unspecified atom stereocenters. The van der Waals surface area contributed by atoms with E-state index >= 15 is 4.39 Å². The highest BCUT2D eigenvalue weighted by Gasteiger charge is 2.28. The van der Waals surface area contributed by atoms with Crippen molar-refractivity contribution in [3.63, 3.8) is 0 Å². The first-order chi connectivity index (χ1) is 17.2. The van der Waals surface area contributed by atoms with Gasteiger partial charge < -0.3 is 20.5 Å². The maximum atomic E-state index is 15.1. The summed E-state index contributed by atoms with van der Waals surface area (Å²) in [7, 11) is -4.27. The summed E-state index contributed by atoms with van der Waals surface area (Å²) in [5.74, 6) is -2.21. The van der Waals surface area contributed by atoms with Crippen LogP contribution in [0.15, 0.2) is 54.4 Å². The van der Waals surface area contributed by atoms with Crippen LogP contribution in [0.4, 0.5) is 10.1 Å². The third-order valence-corrected chi connectivity index (χ3v) is 7.08. The number of nitrogen functional groups attached to an aromatic ring is 1. The van der Waals surface area contributed by atoms with Crippen LogP contribution in [0.1, 0.15) is 30.9 Å². The van der Waals surface area contributed by atoms with E-state index in [2.05, 4.69) is 5.32 Å². The molecule has 3 rings (SSSR count). The lowest BCUT2D eigenvalue weighted by Crippen LogP contribution is -2.37. The Hall–Kier alpha value is -3.44. The van der Waals surface area contributed by atoms with Crippen LogP contribution in [0.2, 0.25) is 0 Å². The number of nitrogens with two attached hydrogens (primary N) is 1. The van der Waals surface area contributed by atoms with Gasteiger partial charge in [0.2, 0.25) is 10.0 Å². The number of carbonyl (C=O) groups is 1. The highest BCUT2D eigenvalue weighted by atomic mass is 32.2. The average molecular weight is 519 g/mol. The topological polar surface area (TPSA) is 135 Å². The standard InChI is InChI=1S/C25H31FN4O5S/c1-2-34-24(31)17-36(32,33)30(16-20(26)15-18-4-3-5-19(14-18)25(27)28)21-6-8-22(9-7-21)35-23-10-12-29-13-11-23/h3-9,14-15,23,29H,2,10-13,16-17H2,1H3,(H3,27,28)/b20-15+. The van der Waals surface area contributed by atoms with Crippen molar-refractivity contribution in [1.29, 1.82) is 5.41 Å². The summed E-state index contributed by atoms with van der Waals surface area (Å²) < 4.78 is 52.9. The van der Waals surface area contributed by atoms with Gasteiger partial charge in [0.05, 0.1) is 18.8 Å². The van der Waals surface area contributed by atoms with Crippen LogP contribution in [-0.4, -0.2) is 58.3 Å². The number of carbonyl (C=O) groups excluding carboxylic acids is 1. The molecule has 1 aliphatic rings. The summed E-state index contributed by atoms with van der Waals surface area (Å²) in [6, 6.07) is 12.6. The zero-order chi connectivity index (χ0) is 26.1. The van der Waals surface area contributed by atoms with Crippen molar-refractivity contribution >= 4 is 33.6 Å². The van der Waals surface area contributed by atoms with E-state index in [0.29, 0.717) is 16.9 Å². The Morgan fingerprint density at radius 2 is 1.92 bits per heavy atom. The normalized spacial score (nSPS) is 14.8. The van der Waals surface area contributed by atoms with Crippen molar-refractivity contribution in [2.45, 2.75) is 25.9 Å². The van der Waals surface area contributed by atoms with E-state index in [4.69, 9.17) is 20.6 Å². The number of nitrogens with zero attached hydrogens (tertiary/aromatic N) is 1. The highest BCUT2D eigenvalue weighted by molar-refractivity contribution is 7.93. The van der Waals surface area contributed by atoms with Gasteiger partial charge in [0, 0.05) is 5.56 Å². The molecule has 1 heterocycles. The van der Waals surface area contributed by atoms with E-state index in [0.717, 1.165) is 36.3 Å². The van der Waals surface area contributed by atoms with E-state index in [-0.39, 0.29) is 24.2 Å². The number of nitrogens with one attached hydrogen (secondary N) is 2. The molecule has 1 fully saturated rings. The first kappa shape index (κ1) is 27.2. The molecule has 36 heavy (non-hydrogen) atoms. The number of piperidine rings is 1. The molecule has 0 aliphatic carbocycles. The van der Waals surface area contributed by atoms with Gasteiger partial charge in [0.1, 0.15) is 23.5 Å². The van der Waals surface area contributed by atoms with E-state index < -0.39 is 34.1 Å². The fraction of sp³-hybridized carbons (Fsp3) is 0.360. The lowest BCUT2D eigenvalue weighted by molar-refractivity contribution is -0.139. The number of anilines is 1. The Labute approximate surface area is 210 Å². The molecule has 194 valence electrons. The Kier molecular flexibility index (Phi) is 9.43. The average Bonchev–Trinajstić information content (AvgIpc) is 2.84. The zero-order valence-corrected chi connectivity index (χ0v) is 20.9. The Balaban J connectivity index is 1.85. The highest BCUT2D eigenvalue weighted by Crippen LogP contribution is 2.26. The molecule has 11 heteroatoms. The molecule has 4 N–H and O–H groups in total. The van der Waals surface area contributed by atoms with Crippen molar-refractivity contribution < 1.29 is 27.1 Å². The van der Waals surface area contributed by atoms with E-state index in [1.54, 1.807) is 37.3 Å². The van der Waals surface area contributed by atoms with Gasteiger partial charge in [-0.15, -0.1) is 0 Å². The van der Waals surface area contributed by atoms with Gasteiger partial charge in [-0.2, -0.15) is 0 Å². The molecule has 2 aromatic rings. The molecular formula is C25H31FN4O5S. The molecule has 0 saturated carbocycles. The fourth-order valence-electron chi connectivity index (χ4n) is 3.74. The molecule has 0 aromatic heterocycles. The Morgan fingerprint density at radius 1 is 1.22 bits per heavy atom. The molecule has 0 bridgehead atoms. The van der Waals surface area contributed by atoms with Crippen molar-refractivity contribution in [1.82, 2.24) is 5.32 Å². The van der Waals surface area contributed by atoms with Gasteiger partial charge in [0.15, 0.2) is 5.75 Å². The maximum Gasteiger partial charge on any atom is 0.323 e. The van der Waals surface area contributed by atoms with E-state index in [1.165, 1.54) is 18.2 Å². The van der Waals surface area contributed by atoms with Crippen LogP contribution < -0.4 is 20.1 Å². The number of halogens is 1. The fourth-order valence-corrected chi connectivity index (χ4v) is 5.04. The Bertz CT molecular complexity index is 1200. The van der Waals surface area contributed by atoms with Crippen molar-refractivity contribution in [3.05, 3.63) is 65.5 Å². The van der Waals surface area contributed by atoms with Crippen LogP contribution >= 0.6 is 0 Å². The van der Waals surface area contributed by atoms with Crippen LogP contribution in [0.5, 0.6) is 5.75 Å². The predicted molar refractivity (Wildman–Crippen MR) is 137 cm³/mol. The van der Waals surface area contributed by atoms with Crippen molar-refractivity contribution in [2.75, 3.05) is 36.3 Å². The van der Waals surface area contributed by atoms with Crippen LogP contribution in [0, 0.1) is 5.41 Å². The molecular weight excluding hydrogens is 487 g/mol. The maximum absolute atomic E-state index is 15.1. The summed E-state index contributed by atoms with van der Waals surface area (Å²) in [6.45, 7) is 2.69. The number of ether oxygens (including phenoxy) is 2. The minimum absolute atomic E-state index is 0.0256. The van der Waals surface area contributed by atoms with E-state index in [1.807, 2.05) is 0 Å². The predicted octanol–water partition coefficient (Wildman–Crippen LogP) is 2.81. The number of amidine groups is 1.